The van der Waals surface area contributed by atoms with E-state index in [1.54, 1.807) is 6.20 Å². The molecule has 0 aliphatic heterocycles. The van der Waals surface area contributed by atoms with Gasteiger partial charge in [0.25, 0.3) is 0 Å². The summed E-state index contributed by atoms with van der Waals surface area (Å²) < 4.78 is 1.83. The number of carboxylic acids is 1. The number of carboxylic acid groups (broad SMARTS) is 1. The maximum atomic E-state index is 11.0. The highest BCUT2D eigenvalue weighted by molar-refractivity contribution is 7.17. The lowest BCUT2D eigenvalue weighted by Gasteiger charge is -2.05. The van der Waals surface area contributed by atoms with Crippen LogP contribution in [-0.4, -0.2) is 20.5 Å². The van der Waals surface area contributed by atoms with E-state index in [4.69, 9.17) is 16.7 Å². The van der Waals surface area contributed by atoms with Crippen LogP contribution in [0, 0.1) is 13.8 Å². The third-order valence-corrected chi connectivity index (χ3v) is 4.54. The van der Waals surface area contributed by atoms with Crippen LogP contribution < -0.4 is 0 Å². The molecular formula is C14H11ClN2O2S. The molecule has 4 nitrogen and oxygen atoms in total. The van der Waals surface area contributed by atoms with Crippen molar-refractivity contribution in [1.29, 1.82) is 0 Å². The van der Waals surface area contributed by atoms with E-state index in [9.17, 15) is 4.79 Å². The number of nitrogens with zero attached hydrogens (tertiary/aromatic N) is 2. The molecule has 0 amide bonds. The molecule has 0 fully saturated rings. The Hall–Kier alpha value is -1.85. The summed E-state index contributed by atoms with van der Waals surface area (Å²) in [5.74, 6) is -1.02. The molecular weight excluding hydrogens is 296 g/mol. The zero-order valence-corrected chi connectivity index (χ0v) is 12.4. The van der Waals surface area contributed by atoms with Crippen molar-refractivity contribution in [1.82, 2.24) is 9.38 Å². The minimum absolute atomic E-state index is 0.0585. The summed E-state index contributed by atoms with van der Waals surface area (Å²) in [6.07, 6.45) is 1.56. The van der Waals surface area contributed by atoms with Gasteiger partial charge in [-0.3, -0.25) is 4.40 Å². The van der Waals surface area contributed by atoms with Crippen molar-refractivity contribution in [2.24, 2.45) is 0 Å². The molecule has 2 aromatic heterocycles. The van der Waals surface area contributed by atoms with Crippen LogP contribution >= 0.6 is 22.9 Å². The van der Waals surface area contributed by atoms with Crippen molar-refractivity contribution < 1.29 is 9.90 Å². The Morgan fingerprint density at radius 3 is 2.80 bits per heavy atom. The van der Waals surface area contributed by atoms with E-state index in [0.29, 0.717) is 4.96 Å². The Balaban J connectivity index is 2.25. The molecule has 102 valence electrons. The van der Waals surface area contributed by atoms with Gasteiger partial charge in [-0.25, -0.2) is 9.78 Å². The number of fused-ring (bicyclic) bond motifs is 1. The summed E-state index contributed by atoms with van der Waals surface area (Å²) in [6.45, 7) is 3.94. The van der Waals surface area contributed by atoms with Crippen molar-refractivity contribution in [2.45, 2.75) is 13.8 Å². The number of hydrogen-bond donors (Lipinski definition) is 1. The van der Waals surface area contributed by atoms with Crippen molar-refractivity contribution in [3.8, 4) is 11.3 Å². The van der Waals surface area contributed by atoms with E-state index in [1.165, 1.54) is 11.3 Å². The van der Waals surface area contributed by atoms with Crippen LogP contribution in [0.2, 0.25) is 5.02 Å². The summed E-state index contributed by atoms with van der Waals surface area (Å²) in [6, 6.07) is 5.78. The van der Waals surface area contributed by atoms with Gasteiger partial charge in [0, 0.05) is 21.7 Å². The van der Waals surface area contributed by atoms with Gasteiger partial charge >= 0.3 is 5.97 Å². The van der Waals surface area contributed by atoms with Crippen molar-refractivity contribution in [2.75, 3.05) is 0 Å². The lowest BCUT2D eigenvalue weighted by molar-refractivity contribution is 0.0691. The summed E-state index contributed by atoms with van der Waals surface area (Å²) in [4.78, 5) is 16.9. The van der Waals surface area contributed by atoms with Crippen LogP contribution in [0.4, 0.5) is 0 Å². The Labute approximate surface area is 124 Å². The highest BCUT2D eigenvalue weighted by Gasteiger charge is 2.17. The number of aromatic carboxylic acids is 1. The SMILES string of the molecule is Cc1cc(-c2c(C)sc3nc(C(=O)O)cn23)ccc1Cl. The number of carbonyl (C=O) groups is 1. The molecule has 0 atom stereocenters. The second kappa shape index (κ2) is 4.61. The average molecular weight is 307 g/mol. The fourth-order valence-corrected chi connectivity index (χ4v) is 3.28. The molecule has 1 N–H and O–H groups in total. The van der Waals surface area contributed by atoms with Gasteiger partial charge in [-0.15, -0.1) is 11.3 Å². The predicted molar refractivity (Wildman–Crippen MR) is 79.9 cm³/mol. The van der Waals surface area contributed by atoms with E-state index in [-0.39, 0.29) is 5.69 Å². The normalized spacial score (nSPS) is 11.2. The van der Waals surface area contributed by atoms with Gasteiger partial charge < -0.3 is 5.11 Å². The molecule has 0 saturated heterocycles. The van der Waals surface area contributed by atoms with Gasteiger partial charge in [0.2, 0.25) is 0 Å². The molecule has 0 radical (unpaired) electrons. The van der Waals surface area contributed by atoms with Crippen LogP contribution in [0.25, 0.3) is 16.2 Å². The third-order valence-electron chi connectivity index (χ3n) is 3.14. The number of aromatic nitrogens is 2. The number of halogens is 1. The van der Waals surface area contributed by atoms with Crippen molar-refractivity contribution in [3.63, 3.8) is 0 Å². The van der Waals surface area contributed by atoms with Crippen LogP contribution in [-0.2, 0) is 0 Å². The first kappa shape index (κ1) is 13.1. The smallest absolute Gasteiger partial charge is 0.356 e. The predicted octanol–water partition coefficient (Wildman–Crippen LogP) is 4.03. The molecule has 3 aromatic rings. The molecule has 20 heavy (non-hydrogen) atoms. The van der Waals surface area contributed by atoms with Crippen molar-refractivity contribution >= 4 is 33.9 Å². The van der Waals surface area contributed by atoms with Crippen molar-refractivity contribution in [3.05, 3.63) is 45.6 Å². The first-order valence-corrected chi connectivity index (χ1v) is 7.15. The number of hydrogen-bond acceptors (Lipinski definition) is 3. The number of thiazole rings is 1. The lowest BCUT2D eigenvalue weighted by Crippen LogP contribution is -1.95. The minimum atomic E-state index is -1.02. The second-order valence-corrected chi connectivity index (χ2v) is 6.14. The quantitative estimate of drug-likeness (QED) is 0.777. The molecule has 6 heteroatoms. The van der Waals surface area contributed by atoms with E-state index >= 15 is 0 Å². The van der Waals surface area contributed by atoms with Gasteiger partial charge in [-0.05, 0) is 31.5 Å². The van der Waals surface area contributed by atoms with Crippen LogP contribution in [0.1, 0.15) is 20.9 Å². The third kappa shape index (κ3) is 1.99. The molecule has 2 heterocycles. The fourth-order valence-electron chi connectivity index (χ4n) is 2.19. The molecule has 0 bridgehead atoms. The van der Waals surface area contributed by atoms with Gasteiger partial charge in [0.1, 0.15) is 0 Å². The van der Waals surface area contributed by atoms with E-state index in [0.717, 1.165) is 26.7 Å². The summed E-state index contributed by atoms with van der Waals surface area (Å²) in [7, 11) is 0. The molecule has 0 aliphatic rings. The molecule has 1 aromatic carbocycles. The number of aryl methyl sites for hydroxylation is 2. The Morgan fingerprint density at radius 1 is 1.40 bits per heavy atom. The topological polar surface area (TPSA) is 54.6 Å². The zero-order chi connectivity index (χ0) is 14.4. The van der Waals surface area contributed by atoms with Gasteiger partial charge in [-0.2, -0.15) is 0 Å². The molecule has 3 rings (SSSR count). The minimum Gasteiger partial charge on any atom is -0.476 e. The number of imidazole rings is 1. The highest BCUT2D eigenvalue weighted by atomic mass is 35.5. The van der Waals surface area contributed by atoms with Gasteiger partial charge in [-0.1, -0.05) is 17.7 Å². The standard InChI is InChI=1S/C14H11ClN2O2S/c1-7-5-9(3-4-10(7)15)12-8(2)20-14-16-11(13(18)19)6-17(12)14/h3-6H,1-2H3,(H,18,19). The van der Waals surface area contributed by atoms with Crippen LogP contribution in [0.15, 0.2) is 24.4 Å². The van der Waals surface area contributed by atoms with Crippen LogP contribution in [0.5, 0.6) is 0 Å². The molecule has 0 spiro atoms. The number of rotatable bonds is 2. The first-order chi connectivity index (χ1) is 9.47. The Kier molecular flexibility index (Phi) is 3.03. The molecule has 0 saturated carbocycles. The first-order valence-electron chi connectivity index (χ1n) is 5.95. The Morgan fingerprint density at radius 2 is 2.15 bits per heavy atom. The lowest BCUT2D eigenvalue weighted by atomic mass is 10.1. The summed E-state index contributed by atoms with van der Waals surface area (Å²) in [5, 5.41) is 9.74. The maximum Gasteiger partial charge on any atom is 0.356 e. The fraction of sp³-hybridized carbons (Fsp3) is 0.143. The summed E-state index contributed by atoms with van der Waals surface area (Å²) >= 11 is 7.53. The largest absolute Gasteiger partial charge is 0.476 e. The highest BCUT2D eigenvalue weighted by Crippen LogP contribution is 2.33. The van der Waals surface area contributed by atoms with Gasteiger partial charge in [0.05, 0.1) is 5.69 Å². The van der Waals surface area contributed by atoms with Crippen LogP contribution in [0.3, 0.4) is 0 Å². The van der Waals surface area contributed by atoms with Gasteiger partial charge in [0.15, 0.2) is 10.7 Å². The second-order valence-electron chi connectivity index (χ2n) is 4.55. The summed E-state index contributed by atoms with van der Waals surface area (Å²) in [5.41, 5.74) is 3.01. The molecule has 0 aliphatic carbocycles. The van der Waals surface area contributed by atoms with E-state index < -0.39 is 5.97 Å². The van der Waals surface area contributed by atoms with E-state index in [2.05, 4.69) is 4.98 Å². The zero-order valence-electron chi connectivity index (χ0n) is 10.8. The Bertz CT molecular complexity index is 835. The monoisotopic (exact) mass is 306 g/mol. The van der Waals surface area contributed by atoms with E-state index in [1.807, 2.05) is 36.4 Å². The average Bonchev–Trinajstić information content (AvgIpc) is 2.89. The maximum absolute atomic E-state index is 11.0. The number of benzene rings is 1. The molecule has 0 unspecified atom stereocenters.